The smallest absolute Gasteiger partial charge is 0.416 e. The fourth-order valence-corrected chi connectivity index (χ4v) is 2.59. The van der Waals surface area contributed by atoms with E-state index >= 15 is 0 Å². The van der Waals surface area contributed by atoms with Crippen molar-refractivity contribution in [1.29, 1.82) is 0 Å². The minimum absolute atomic E-state index is 0.0728. The molecule has 6 nitrogen and oxygen atoms in total. The molecular weight excluding hydrogens is 437 g/mol. The fraction of sp³-hybridized carbons (Fsp3) is 0.333. The third kappa shape index (κ3) is 8.85. The first-order valence-electron chi connectivity index (χ1n) is 9.44. The van der Waals surface area contributed by atoms with Gasteiger partial charge in [0.05, 0.1) is 5.56 Å². The van der Waals surface area contributed by atoms with Gasteiger partial charge in [0.25, 0.3) is 5.91 Å². The van der Waals surface area contributed by atoms with Crippen LogP contribution < -0.4 is 15.4 Å². The number of aliphatic hydroxyl groups excluding tert-OH is 1. The summed E-state index contributed by atoms with van der Waals surface area (Å²) in [5.41, 5.74) is -0.331. The lowest BCUT2D eigenvalue weighted by molar-refractivity contribution is -0.137. The number of ether oxygens (including phenoxy) is 1. The van der Waals surface area contributed by atoms with E-state index in [0.29, 0.717) is 23.6 Å². The van der Waals surface area contributed by atoms with E-state index in [-0.39, 0.29) is 37.1 Å². The number of alkyl halides is 3. The fourth-order valence-electron chi connectivity index (χ4n) is 2.47. The van der Waals surface area contributed by atoms with Crippen molar-refractivity contribution >= 4 is 23.4 Å². The van der Waals surface area contributed by atoms with E-state index in [9.17, 15) is 27.9 Å². The van der Waals surface area contributed by atoms with Crippen molar-refractivity contribution in [2.45, 2.75) is 25.1 Å². The van der Waals surface area contributed by atoms with E-state index in [1.807, 2.05) is 0 Å². The Morgan fingerprint density at radius 2 is 1.68 bits per heavy atom. The normalized spacial score (nSPS) is 12.2. The molecule has 10 heteroatoms. The molecule has 0 aliphatic heterocycles. The van der Waals surface area contributed by atoms with Crippen LogP contribution in [0.3, 0.4) is 0 Å². The molecular formula is C21H22ClF3N2O4. The maximum Gasteiger partial charge on any atom is 0.416 e. The molecule has 1 atom stereocenters. The van der Waals surface area contributed by atoms with Gasteiger partial charge in [-0.15, -0.1) is 0 Å². The van der Waals surface area contributed by atoms with Gasteiger partial charge in [0.1, 0.15) is 18.5 Å². The number of carbonyl (C=O) groups is 2. The maximum atomic E-state index is 12.5. The van der Waals surface area contributed by atoms with Crippen LogP contribution in [-0.4, -0.2) is 42.7 Å². The SMILES string of the molecule is O=C(CCCNC(=O)c1ccc(Cl)cc1)NC[C@@H](O)COc1ccc(C(F)(F)F)cc1. The van der Waals surface area contributed by atoms with E-state index in [4.69, 9.17) is 16.3 Å². The summed E-state index contributed by atoms with van der Waals surface area (Å²) in [6, 6.07) is 10.5. The van der Waals surface area contributed by atoms with Crippen molar-refractivity contribution in [3.8, 4) is 5.75 Å². The second kappa shape index (κ2) is 11.6. The van der Waals surface area contributed by atoms with Crippen LogP contribution in [0.5, 0.6) is 5.75 Å². The Labute approximate surface area is 182 Å². The topological polar surface area (TPSA) is 87.7 Å². The van der Waals surface area contributed by atoms with Crippen LogP contribution in [0.25, 0.3) is 0 Å². The zero-order chi connectivity index (χ0) is 22.9. The van der Waals surface area contributed by atoms with E-state index in [1.165, 1.54) is 0 Å². The van der Waals surface area contributed by atoms with Crippen LogP contribution in [-0.2, 0) is 11.0 Å². The second-order valence-electron chi connectivity index (χ2n) is 6.66. The highest BCUT2D eigenvalue weighted by Crippen LogP contribution is 2.30. The van der Waals surface area contributed by atoms with Gasteiger partial charge in [0.15, 0.2) is 0 Å². The number of nitrogens with one attached hydrogen (secondary N) is 2. The van der Waals surface area contributed by atoms with Crippen LogP contribution in [0.2, 0.25) is 5.02 Å². The molecule has 0 radical (unpaired) electrons. The Bertz CT molecular complexity index is 858. The number of hydrogen-bond acceptors (Lipinski definition) is 4. The quantitative estimate of drug-likeness (QED) is 0.476. The lowest BCUT2D eigenvalue weighted by Crippen LogP contribution is -2.35. The summed E-state index contributed by atoms with van der Waals surface area (Å²) in [6.45, 7) is 0.0356. The van der Waals surface area contributed by atoms with Gasteiger partial charge in [-0.1, -0.05) is 11.6 Å². The number of carbonyl (C=O) groups excluding carboxylic acids is 2. The first-order valence-corrected chi connectivity index (χ1v) is 9.81. The van der Waals surface area contributed by atoms with Crippen LogP contribution in [0, 0.1) is 0 Å². The molecule has 0 unspecified atom stereocenters. The molecule has 0 spiro atoms. The number of amides is 2. The van der Waals surface area contributed by atoms with Gasteiger partial charge in [0, 0.05) is 30.1 Å². The Kier molecular flexibility index (Phi) is 9.14. The Balaban J connectivity index is 1.59. The third-order valence-electron chi connectivity index (χ3n) is 4.13. The average molecular weight is 459 g/mol. The van der Waals surface area contributed by atoms with Crippen molar-refractivity contribution in [2.24, 2.45) is 0 Å². The summed E-state index contributed by atoms with van der Waals surface area (Å²) in [7, 11) is 0. The predicted octanol–water partition coefficient (Wildman–Crippen LogP) is 3.42. The summed E-state index contributed by atoms with van der Waals surface area (Å²) in [6.07, 6.45) is -4.91. The third-order valence-corrected chi connectivity index (χ3v) is 4.38. The molecule has 0 fully saturated rings. The van der Waals surface area contributed by atoms with Gasteiger partial charge in [-0.2, -0.15) is 13.2 Å². The maximum absolute atomic E-state index is 12.5. The van der Waals surface area contributed by atoms with Crippen molar-refractivity contribution < 1.29 is 32.6 Å². The number of halogens is 4. The van der Waals surface area contributed by atoms with Crippen LogP contribution in [0.15, 0.2) is 48.5 Å². The van der Waals surface area contributed by atoms with Crippen molar-refractivity contribution in [2.75, 3.05) is 19.7 Å². The molecule has 0 aromatic heterocycles. The average Bonchev–Trinajstić information content (AvgIpc) is 2.73. The lowest BCUT2D eigenvalue weighted by Gasteiger charge is -2.14. The van der Waals surface area contributed by atoms with Crippen LogP contribution in [0.4, 0.5) is 13.2 Å². The summed E-state index contributed by atoms with van der Waals surface area (Å²) < 4.78 is 42.7. The molecule has 2 amide bonds. The van der Waals surface area contributed by atoms with Gasteiger partial charge in [-0.3, -0.25) is 9.59 Å². The number of rotatable bonds is 10. The Hall–Kier alpha value is -2.78. The van der Waals surface area contributed by atoms with Gasteiger partial charge in [0.2, 0.25) is 5.91 Å². The molecule has 0 heterocycles. The van der Waals surface area contributed by atoms with Gasteiger partial charge in [-0.05, 0) is 55.0 Å². The van der Waals surface area contributed by atoms with Gasteiger partial charge < -0.3 is 20.5 Å². The largest absolute Gasteiger partial charge is 0.491 e. The van der Waals surface area contributed by atoms with E-state index in [0.717, 1.165) is 24.3 Å². The molecule has 3 N–H and O–H groups in total. The van der Waals surface area contributed by atoms with Crippen molar-refractivity contribution in [3.05, 3.63) is 64.7 Å². The summed E-state index contributed by atoms with van der Waals surface area (Å²) in [5.74, 6) is -0.406. The van der Waals surface area contributed by atoms with Gasteiger partial charge in [-0.25, -0.2) is 0 Å². The molecule has 31 heavy (non-hydrogen) atoms. The molecule has 0 aliphatic carbocycles. The summed E-state index contributed by atoms with van der Waals surface area (Å²) >= 11 is 5.76. The van der Waals surface area contributed by atoms with E-state index in [1.54, 1.807) is 24.3 Å². The molecule has 168 valence electrons. The molecule has 0 bridgehead atoms. The second-order valence-corrected chi connectivity index (χ2v) is 7.09. The minimum Gasteiger partial charge on any atom is -0.491 e. The van der Waals surface area contributed by atoms with Gasteiger partial charge >= 0.3 is 6.18 Å². The molecule has 0 saturated heterocycles. The molecule has 2 aromatic rings. The summed E-state index contributed by atoms with van der Waals surface area (Å²) in [5, 5.41) is 15.6. The predicted molar refractivity (Wildman–Crippen MR) is 109 cm³/mol. The summed E-state index contributed by atoms with van der Waals surface area (Å²) in [4.78, 5) is 23.7. The highest BCUT2D eigenvalue weighted by molar-refractivity contribution is 6.30. The first-order chi connectivity index (χ1) is 14.6. The molecule has 2 aromatic carbocycles. The number of benzene rings is 2. The van der Waals surface area contributed by atoms with E-state index in [2.05, 4.69) is 10.6 Å². The molecule has 0 aliphatic rings. The number of hydrogen-bond donors (Lipinski definition) is 3. The Morgan fingerprint density at radius 1 is 1.03 bits per heavy atom. The lowest BCUT2D eigenvalue weighted by atomic mass is 10.2. The van der Waals surface area contributed by atoms with E-state index < -0.39 is 17.8 Å². The highest BCUT2D eigenvalue weighted by Gasteiger charge is 2.30. The first kappa shape index (κ1) is 24.5. The number of aliphatic hydroxyl groups is 1. The van der Waals surface area contributed by atoms with Crippen molar-refractivity contribution in [3.63, 3.8) is 0 Å². The van der Waals surface area contributed by atoms with Crippen molar-refractivity contribution in [1.82, 2.24) is 10.6 Å². The Morgan fingerprint density at radius 3 is 2.29 bits per heavy atom. The molecule has 0 saturated carbocycles. The minimum atomic E-state index is -4.43. The molecule has 2 rings (SSSR count). The monoisotopic (exact) mass is 458 g/mol. The zero-order valence-electron chi connectivity index (χ0n) is 16.4. The highest BCUT2D eigenvalue weighted by atomic mass is 35.5. The van der Waals surface area contributed by atoms with Crippen LogP contribution >= 0.6 is 11.6 Å². The zero-order valence-corrected chi connectivity index (χ0v) is 17.2. The standard InChI is InChI=1S/C21H22ClF3N2O4/c22-16-7-3-14(4-8-16)20(30)26-11-1-2-19(29)27-12-17(28)13-31-18-9-5-15(6-10-18)21(23,24)25/h3-10,17,28H,1-2,11-13H2,(H,26,30)(H,27,29)/t17-/m1/s1. The van der Waals surface area contributed by atoms with Crippen LogP contribution in [0.1, 0.15) is 28.8 Å².